The fourth-order valence-corrected chi connectivity index (χ4v) is 2.08. The fourth-order valence-electron chi connectivity index (χ4n) is 2.08. The van der Waals surface area contributed by atoms with Crippen LogP contribution in [0.1, 0.15) is 31.5 Å². The van der Waals surface area contributed by atoms with E-state index in [9.17, 15) is 13.2 Å². The van der Waals surface area contributed by atoms with Crippen molar-refractivity contribution in [2.45, 2.75) is 26.3 Å². The Labute approximate surface area is 130 Å². The Morgan fingerprint density at radius 3 is 2.39 bits per heavy atom. The number of hydrogen-bond donors (Lipinski definition) is 0. The van der Waals surface area contributed by atoms with Gasteiger partial charge in [0, 0.05) is 22.8 Å². The van der Waals surface area contributed by atoms with Gasteiger partial charge in [0.05, 0.1) is 6.61 Å². The van der Waals surface area contributed by atoms with Crippen molar-refractivity contribution >= 4 is 6.21 Å². The Morgan fingerprint density at radius 1 is 1.17 bits per heavy atom. The van der Waals surface area contributed by atoms with Gasteiger partial charge in [0.1, 0.15) is 0 Å². The predicted molar refractivity (Wildman–Crippen MR) is 75.7 cm³/mol. The monoisotopic (exact) mass is 325 g/mol. The summed E-state index contributed by atoms with van der Waals surface area (Å²) in [4.78, 5) is 7.69. The van der Waals surface area contributed by atoms with E-state index < -0.39 is 18.3 Å². The summed E-state index contributed by atoms with van der Waals surface area (Å²) >= 11 is 0. The molecule has 1 unspecified atom stereocenters. The second-order valence-electron chi connectivity index (χ2n) is 5.97. The molecule has 2 aromatic rings. The zero-order valence-corrected chi connectivity index (χ0v) is 12.5. The summed E-state index contributed by atoms with van der Waals surface area (Å²) in [6, 6.07) is 6.66. The minimum absolute atomic E-state index is 0.102. The normalized spacial score (nSPS) is 20.7. The molecule has 0 saturated carbocycles. The third-order valence-corrected chi connectivity index (χ3v) is 3.30. The lowest BCUT2D eigenvalue weighted by Gasteiger charge is -2.28. The van der Waals surface area contributed by atoms with Crippen molar-refractivity contribution in [3.63, 3.8) is 0 Å². The van der Waals surface area contributed by atoms with E-state index in [1.807, 2.05) is 20.1 Å². The Bertz CT molecular complexity index is 720. The largest absolute Gasteiger partial charge is 0.471 e. The van der Waals surface area contributed by atoms with E-state index in [1.165, 1.54) is 0 Å². The third kappa shape index (κ3) is 3.42. The molecule has 0 N–H and O–H groups in total. The molecular formula is C15H14F3N3O2. The minimum Gasteiger partial charge on any atom is -0.351 e. The third-order valence-electron chi connectivity index (χ3n) is 3.30. The Kier molecular flexibility index (Phi) is 3.71. The summed E-state index contributed by atoms with van der Waals surface area (Å²) < 4.78 is 47.3. The van der Waals surface area contributed by atoms with Crippen LogP contribution in [-0.4, -0.2) is 23.0 Å². The summed E-state index contributed by atoms with van der Waals surface area (Å²) in [5, 5.41) is 3.35. The van der Waals surface area contributed by atoms with Gasteiger partial charge in [0.15, 0.2) is 6.23 Å². The molecular weight excluding hydrogens is 311 g/mol. The molecule has 2 heterocycles. The zero-order chi connectivity index (χ0) is 16.7. The molecule has 1 aliphatic heterocycles. The van der Waals surface area contributed by atoms with Crippen molar-refractivity contribution in [3.05, 3.63) is 35.7 Å². The van der Waals surface area contributed by atoms with Crippen molar-refractivity contribution in [2.24, 2.45) is 10.4 Å². The highest BCUT2D eigenvalue weighted by Gasteiger charge is 2.38. The van der Waals surface area contributed by atoms with Gasteiger partial charge >= 0.3 is 12.1 Å². The van der Waals surface area contributed by atoms with Crippen molar-refractivity contribution < 1.29 is 22.4 Å². The summed E-state index contributed by atoms with van der Waals surface area (Å²) in [7, 11) is 0. The number of hydrogen-bond acceptors (Lipinski definition) is 5. The Hall–Kier alpha value is -2.22. The van der Waals surface area contributed by atoms with Gasteiger partial charge in [0.2, 0.25) is 5.82 Å². The van der Waals surface area contributed by atoms with Crippen LogP contribution >= 0.6 is 0 Å². The van der Waals surface area contributed by atoms with E-state index in [-0.39, 0.29) is 11.2 Å². The molecule has 1 aromatic heterocycles. The van der Waals surface area contributed by atoms with Crippen molar-refractivity contribution in [1.82, 2.24) is 10.1 Å². The maximum atomic E-state index is 12.5. The molecule has 0 bridgehead atoms. The van der Waals surface area contributed by atoms with Crippen LogP contribution in [0.15, 0.2) is 33.8 Å². The van der Waals surface area contributed by atoms with Crippen LogP contribution in [0, 0.1) is 5.41 Å². The molecule has 23 heavy (non-hydrogen) atoms. The van der Waals surface area contributed by atoms with Gasteiger partial charge in [-0.15, -0.1) is 0 Å². The average Bonchev–Trinajstić information content (AvgIpc) is 2.97. The van der Waals surface area contributed by atoms with Crippen LogP contribution in [0.4, 0.5) is 13.2 Å². The molecule has 0 aliphatic carbocycles. The van der Waals surface area contributed by atoms with E-state index in [0.717, 1.165) is 5.56 Å². The van der Waals surface area contributed by atoms with Gasteiger partial charge in [0.25, 0.3) is 0 Å². The molecule has 8 heteroatoms. The predicted octanol–water partition coefficient (Wildman–Crippen LogP) is 3.88. The average molecular weight is 325 g/mol. The highest BCUT2D eigenvalue weighted by atomic mass is 19.4. The number of aliphatic imine (C=N–C) groups is 1. The lowest BCUT2D eigenvalue weighted by atomic mass is 9.95. The van der Waals surface area contributed by atoms with Crippen LogP contribution in [0.25, 0.3) is 11.4 Å². The van der Waals surface area contributed by atoms with Gasteiger partial charge in [-0.1, -0.05) is 43.3 Å². The second kappa shape index (κ2) is 5.45. The van der Waals surface area contributed by atoms with Gasteiger partial charge in [-0.3, -0.25) is 4.99 Å². The molecule has 3 rings (SSSR count). The van der Waals surface area contributed by atoms with E-state index >= 15 is 0 Å². The molecule has 122 valence electrons. The summed E-state index contributed by atoms with van der Waals surface area (Å²) in [5.41, 5.74) is 1.13. The van der Waals surface area contributed by atoms with E-state index in [1.54, 1.807) is 24.3 Å². The topological polar surface area (TPSA) is 60.5 Å². The zero-order valence-electron chi connectivity index (χ0n) is 12.5. The Balaban J connectivity index is 1.79. The number of nitrogens with zero attached hydrogens (tertiary/aromatic N) is 3. The maximum Gasteiger partial charge on any atom is 0.471 e. The molecule has 0 saturated heterocycles. The number of alkyl halides is 3. The van der Waals surface area contributed by atoms with E-state index in [4.69, 9.17) is 4.74 Å². The SMILES string of the molecule is CC1(C)C=NC(c2ccc(-c3noc(C(F)(F)F)n3)cc2)OC1. The first-order valence-electron chi connectivity index (χ1n) is 6.92. The molecule has 0 fully saturated rings. The first kappa shape index (κ1) is 15.7. The number of benzene rings is 1. The van der Waals surface area contributed by atoms with Gasteiger partial charge in [-0.2, -0.15) is 18.2 Å². The molecule has 0 radical (unpaired) electrons. The van der Waals surface area contributed by atoms with Crippen LogP contribution in [0.5, 0.6) is 0 Å². The molecule has 0 amide bonds. The highest BCUT2D eigenvalue weighted by molar-refractivity contribution is 5.66. The summed E-state index contributed by atoms with van der Waals surface area (Å²) in [6.07, 6.45) is -3.21. The first-order chi connectivity index (χ1) is 10.7. The second-order valence-corrected chi connectivity index (χ2v) is 5.97. The molecule has 1 aliphatic rings. The fraction of sp³-hybridized carbons (Fsp3) is 0.400. The van der Waals surface area contributed by atoms with Crippen molar-refractivity contribution in [2.75, 3.05) is 6.61 Å². The quantitative estimate of drug-likeness (QED) is 0.840. The first-order valence-corrected chi connectivity index (χ1v) is 6.92. The lowest BCUT2D eigenvalue weighted by Crippen LogP contribution is -2.27. The van der Waals surface area contributed by atoms with Gasteiger partial charge in [-0.25, -0.2) is 0 Å². The van der Waals surface area contributed by atoms with Crippen molar-refractivity contribution in [3.8, 4) is 11.4 Å². The smallest absolute Gasteiger partial charge is 0.351 e. The summed E-state index contributed by atoms with van der Waals surface area (Å²) in [6.45, 7) is 4.58. The number of rotatable bonds is 2. The van der Waals surface area contributed by atoms with E-state index in [0.29, 0.717) is 12.2 Å². The molecule has 1 aromatic carbocycles. The van der Waals surface area contributed by atoms with E-state index in [2.05, 4.69) is 19.7 Å². The highest BCUT2D eigenvalue weighted by Crippen LogP contribution is 2.31. The summed E-state index contributed by atoms with van der Waals surface area (Å²) in [5.74, 6) is -1.47. The number of halogens is 3. The number of aromatic nitrogens is 2. The van der Waals surface area contributed by atoms with Crippen LogP contribution in [0.3, 0.4) is 0 Å². The Morgan fingerprint density at radius 2 is 1.87 bits per heavy atom. The van der Waals surface area contributed by atoms with Crippen molar-refractivity contribution in [1.29, 1.82) is 0 Å². The van der Waals surface area contributed by atoms with Gasteiger partial charge in [-0.05, 0) is 0 Å². The molecule has 5 nitrogen and oxygen atoms in total. The lowest BCUT2D eigenvalue weighted by molar-refractivity contribution is -0.159. The molecule has 0 spiro atoms. The molecule has 1 atom stereocenters. The standard InChI is InChI=1S/C15H14F3N3O2/c1-14(2)7-19-12(22-8-14)10-5-3-9(4-6-10)11-20-13(23-21-11)15(16,17)18/h3-7,12H,8H2,1-2H3. The van der Waals surface area contributed by atoms with Crippen LogP contribution < -0.4 is 0 Å². The van der Waals surface area contributed by atoms with Crippen LogP contribution in [-0.2, 0) is 10.9 Å². The maximum absolute atomic E-state index is 12.5. The van der Waals surface area contributed by atoms with Crippen LogP contribution in [0.2, 0.25) is 0 Å². The van der Waals surface area contributed by atoms with Gasteiger partial charge < -0.3 is 9.26 Å². The minimum atomic E-state index is -4.65. The number of ether oxygens (including phenoxy) is 1.